The Hall–Kier alpha value is -3.30. The van der Waals surface area contributed by atoms with Crippen molar-refractivity contribution < 1.29 is 23.9 Å². The average Bonchev–Trinajstić information content (AvgIpc) is 2.79. The summed E-state index contributed by atoms with van der Waals surface area (Å²) >= 11 is 12.1. The lowest BCUT2D eigenvalue weighted by Crippen LogP contribution is -2.38. The molecule has 2 aromatic rings. The summed E-state index contributed by atoms with van der Waals surface area (Å²) < 4.78 is 10.8. The topological polar surface area (TPSA) is 118 Å². The van der Waals surface area contributed by atoms with Crippen LogP contribution in [0.15, 0.2) is 41.5 Å². The Morgan fingerprint density at radius 1 is 1.09 bits per heavy atom. The first-order valence-corrected chi connectivity index (χ1v) is 10.8. The van der Waals surface area contributed by atoms with E-state index in [1.165, 1.54) is 19.4 Å². The van der Waals surface area contributed by atoms with Crippen molar-refractivity contribution in [1.29, 1.82) is 0 Å². The minimum atomic E-state index is -0.882. The number of rotatable bonds is 10. The van der Waals surface area contributed by atoms with Crippen LogP contribution in [-0.2, 0) is 14.4 Å². The molecule has 0 aromatic heterocycles. The third-order valence-electron chi connectivity index (χ3n) is 4.13. The van der Waals surface area contributed by atoms with E-state index in [4.69, 9.17) is 32.7 Å². The highest BCUT2D eigenvalue weighted by Crippen LogP contribution is 2.36. The maximum Gasteiger partial charge on any atom is 0.329 e. The predicted octanol–water partition coefficient (Wildman–Crippen LogP) is 3.39. The third-order valence-corrected chi connectivity index (χ3v) is 4.66. The number of carbonyl (C=O) groups is 3. The zero-order valence-corrected chi connectivity index (χ0v) is 19.6. The van der Waals surface area contributed by atoms with Crippen LogP contribution in [0.5, 0.6) is 11.5 Å². The van der Waals surface area contributed by atoms with E-state index < -0.39 is 17.7 Å². The molecule has 9 nitrogen and oxygen atoms in total. The second-order valence-corrected chi connectivity index (χ2v) is 7.53. The summed E-state index contributed by atoms with van der Waals surface area (Å²) in [5, 5.41) is 9.63. The van der Waals surface area contributed by atoms with Crippen molar-refractivity contribution in [1.82, 2.24) is 10.7 Å². The van der Waals surface area contributed by atoms with Crippen LogP contribution in [0.25, 0.3) is 0 Å². The van der Waals surface area contributed by atoms with Crippen molar-refractivity contribution in [3.63, 3.8) is 0 Å². The molecule has 0 fully saturated rings. The second-order valence-electron chi connectivity index (χ2n) is 6.69. The quantitative estimate of drug-likeness (QED) is 0.202. The van der Waals surface area contributed by atoms with Crippen LogP contribution >= 0.6 is 23.2 Å². The third kappa shape index (κ3) is 8.63. The number of carbonyl (C=O) groups excluding carboxylic acids is 3. The van der Waals surface area contributed by atoms with Gasteiger partial charge < -0.3 is 20.1 Å². The Morgan fingerprint density at radius 3 is 2.48 bits per heavy atom. The highest BCUT2D eigenvalue weighted by molar-refractivity contribution is 6.35. The lowest BCUT2D eigenvalue weighted by atomic mass is 10.2. The molecule has 0 bridgehead atoms. The standard InChI is InChI=1S/C22H24Cl2N4O5/c1-3-4-9-25-21(30)22(31)28-26-12-14-10-17(24)20(18(11-14)32-2)33-13-19(29)27-16-7-5-15(23)6-8-16/h5-8,10-12H,3-4,9,13H2,1-2H3,(H,25,30)(H,27,29)(H,28,31)/b26-12-. The van der Waals surface area contributed by atoms with Crippen LogP contribution in [0.2, 0.25) is 10.0 Å². The number of nitrogens with one attached hydrogen (secondary N) is 3. The summed E-state index contributed by atoms with van der Waals surface area (Å²) in [6.07, 6.45) is 2.97. The number of hydrogen-bond donors (Lipinski definition) is 3. The minimum absolute atomic E-state index is 0.165. The summed E-state index contributed by atoms with van der Waals surface area (Å²) in [5.41, 5.74) is 3.18. The number of hydrazone groups is 1. The zero-order chi connectivity index (χ0) is 24.2. The molecule has 11 heteroatoms. The molecule has 0 atom stereocenters. The van der Waals surface area contributed by atoms with Gasteiger partial charge in [0.25, 0.3) is 5.91 Å². The van der Waals surface area contributed by atoms with E-state index in [0.29, 0.717) is 22.8 Å². The van der Waals surface area contributed by atoms with Crippen LogP contribution in [0.3, 0.4) is 0 Å². The lowest BCUT2D eigenvalue weighted by molar-refractivity contribution is -0.139. The molecule has 0 aliphatic rings. The van der Waals surface area contributed by atoms with E-state index in [0.717, 1.165) is 12.8 Å². The minimum Gasteiger partial charge on any atom is -0.493 e. The maximum atomic E-state index is 12.1. The summed E-state index contributed by atoms with van der Waals surface area (Å²) in [6, 6.07) is 9.69. The largest absolute Gasteiger partial charge is 0.493 e. The van der Waals surface area contributed by atoms with E-state index in [-0.39, 0.29) is 23.1 Å². The van der Waals surface area contributed by atoms with E-state index in [1.807, 2.05) is 6.92 Å². The molecule has 2 aromatic carbocycles. The molecule has 0 radical (unpaired) electrons. The van der Waals surface area contributed by atoms with Crippen LogP contribution in [0.4, 0.5) is 5.69 Å². The monoisotopic (exact) mass is 494 g/mol. The SMILES string of the molecule is CCCCNC(=O)C(=O)N/N=C\c1cc(Cl)c(OCC(=O)Nc2ccc(Cl)cc2)c(OC)c1. The number of ether oxygens (including phenoxy) is 2. The summed E-state index contributed by atoms with van der Waals surface area (Å²) in [5.74, 6) is -1.63. The molecule has 3 amide bonds. The van der Waals surface area contributed by atoms with Gasteiger partial charge in [-0.25, -0.2) is 5.43 Å². The first-order chi connectivity index (χ1) is 15.8. The van der Waals surface area contributed by atoms with Crippen LogP contribution in [0, 0.1) is 0 Å². The Labute approximate surface area is 201 Å². The summed E-state index contributed by atoms with van der Waals surface area (Å²) in [7, 11) is 1.41. The highest BCUT2D eigenvalue weighted by Gasteiger charge is 2.14. The van der Waals surface area contributed by atoms with E-state index >= 15 is 0 Å². The van der Waals surface area contributed by atoms with Gasteiger partial charge in [-0.3, -0.25) is 14.4 Å². The molecule has 2 rings (SSSR count). The Balaban J connectivity index is 1.95. The molecule has 33 heavy (non-hydrogen) atoms. The van der Waals surface area contributed by atoms with E-state index in [9.17, 15) is 14.4 Å². The number of hydrogen-bond acceptors (Lipinski definition) is 6. The number of methoxy groups -OCH3 is 1. The number of benzene rings is 2. The summed E-state index contributed by atoms with van der Waals surface area (Å²) in [4.78, 5) is 35.5. The molecule has 0 heterocycles. The smallest absolute Gasteiger partial charge is 0.329 e. The normalized spacial score (nSPS) is 10.5. The van der Waals surface area contributed by atoms with Gasteiger partial charge in [0.05, 0.1) is 18.3 Å². The van der Waals surface area contributed by atoms with Gasteiger partial charge >= 0.3 is 11.8 Å². The number of amides is 3. The number of nitrogens with zero attached hydrogens (tertiary/aromatic N) is 1. The van der Waals surface area contributed by atoms with Crippen molar-refractivity contribution in [2.45, 2.75) is 19.8 Å². The zero-order valence-electron chi connectivity index (χ0n) is 18.1. The molecular formula is C22H24Cl2N4O5. The van der Waals surface area contributed by atoms with Crippen molar-refractivity contribution in [3.8, 4) is 11.5 Å². The molecule has 0 aliphatic carbocycles. The van der Waals surface area contributed by atoms with Gasteiger partial charge in [0.1, 0.15) is 0 Å². The fourth-order valence-electron chi connectivity index (χ4n) is 2.50. The second kappa shape index (κ2) is 13.3. The summed E-state index contributed by atoms with van der Waals surface area (Å²) in [6.45, 7) is 2.08. The Bertz CT molecular complexity index is 1010. The number of anilines is 1. The molecule has 0 spiro atoms. The van der Waals surface area contributed by atoms with Gasteiger partial charge in [-0.05, 0) is 48.4 Å². The van der Waals surface area contributed by atoms with Crippen molar-refractivity contribution >= 4 is 52.8 Å². The van der Waals surface area contributed by atoms with Gasteiger partial charge in [-0.15, -0.1) is 0 Å². The Morgan fingerprint density at radius 2 is 1.82 bits per heavy atom. The molecule has 0 saturated carbocycles. The van der Waals surface area contributed by atoms with Crippen molar-refractivity contribution in [3.05, 3.63) is 52.0 Å². The fraction of sp³-hybridized carbons (Fsp3) is 0.273. The fourth-order valence-corrected chi connectivity index (χ4v) is 2.90. The Kier molecular flexibility index (Phi) is 10.5. The number of halogens is 2. The van der Waals surface area contributed by atoms with Gasteiger partial charge in [0.2, 0.25) is 0 Å². The van der Waals surface area contributed by atoms with Gasteiger partial charge in [0.15, 0.2) is 18.1 Å². The molecule has 176 valence electrons. The van der Waals surface area contributed by atoms with Crippen molar-refractivity contribution in [2.24, 2.45) is 5.10 Å². The molecular weight excluding hydrogens is 471 g/mol. The molecule has 0 saturated heterocycles. The van der Waals surface area contributed by atoms with Crippen LogP contribution in [0.1, 0.15) is 25.3 Å². The van der Waals surface area contributed by atoms with E-state index in [1.54, 1.807) is 30.3 Å². The molecule has 0 unspecified atom stereocenters. The van der Waals surface area contributed by atoms with E-state index in [2.05, 4.69) is 21.2 Å². The molecule has 3 N–H and O–H groups in total. The van der Waals surface area contributed by atoms with Gasteiger partial charge in [0, 0.05) is 17.3 Å². The first kappa shape index (κ1) is 26.0. The predicted molar refractivity (Wildman–Crippen MR) is 127 cm³/mol. The van der Waals surface area contributed by atoms with Crippen LogP contribution < -0.4 is 25.5 Å². The number of unbranched alkanes of at least 4 members (excludes halogenated alkanes) is 1. The lowest BCUT2D eigenvalue weighted by Gasteiger charge is -2.13. The molecule has 0 aliphatic heterocycles. The van der Waals surface area contributed by atoms with Gasteiger partial charge in [-0.1, -0.05) is 36.5 Å². The first-order valence-electron chi connectivity index (χ1n) is 10.0. The highest BCUT2D eigenvalue weighted by atomic mass is 35.5. The maximum absolute atomic E-state index is 12.1. The average molecular weight is 495 g/mol. The van der Waals surface area contributed by atoms with Crippen molar-refractivity contribution in [2.75, 3.05) is 25.6 Å². The van der Waals surface area contributed by atoms with Crippen LogP contribution in [-0.4, -0.2) is 44.2 Å². The van der Waals surface area contributed by atoms with Gasteiger partial charge in [-0.2, -0.15) is 5.10 Å².